The number of amides is 1. The minimum Gasteiger partial charge on any atom is -0.336 e. The molecule has 2 aromatic carbocycles. The Morgan fingerprint density at radius 2 is 1.43 bits per heavy atom. The molecule has 0 spiro atoms. The topological polar surface area (TPSA) is 41.4 Å². The van der Waals surface area contributed by atoms with Gasteiger partial charge in [0.1, 0.15) is 5.82 Å². The van der Waals surface area contributed by atoms with Crippen LogP contribution in [0.5, 0.6) is 0 Å². The number of benzene rings is 2. The van der Waals surface area contributed by atoms with Gasteiger partial charge in [-0.3, -0.25) is 9.69 Å². The van der Waals surface area contributed by atoms with Gasteiger partial charge in [0.15, 0.2) is 0 Å². The van der Waals surface area contributed by atoms with Crippen LogP contribution in [0.25, 0.3) is 11.4 Å². The predicted octanol–water partition coefficient (Wildman–Crippen LogP) is 5.05. The molecule has 0 N–H and O–H groups in total. The molecule has 4 rings (SSSR count). The van der Waals surface area contributed by atoms with E-state index in [0.717, 1.165) is 11.4 Å². The summed E-state index contributed by atoms with van der Waals surface area (Å²) in [6, 6.07) is 10.7. The number of aromatic nitrogens is 2. The highest BCUT2D eigenvalue weighted by Gasteiger charge is 2.38. The Balaban J connectivity index is 1.39. The first kappa shape index (κ1) is 24.8. The summed E-state index contributed by atoms with van der Waals surface area (Å²) in [5, 5.41) is 0. The maximum atomic E-state index is 13.1. The third kappa shape index (κ3) is 5.84. The van der Waals surface area contributed by atoms with Crippen LogP contribution in [-0.4, -0.2) is 58.0 Å². The van der Waals surface area contributed by atoms with Gasteiger partial charge in [-0.1, -0.05) is 30.3 Å². The second-order valence-corrected chi connectivity index (χ2v) is 8.24. The molecular weight excluding hydrogens is 474 g/mol. The van der Waals surface area contributed by atoms with Crippen molar-refractivity contribution >= 4 is 5.91 Å². The Bertz CT molecular complexity index is 1130. The van der Waals surface area contributed by atoms with E-state index < -0.39 is 35.0 Å². The van der Waals surface area contributed by atoms with Crippen LogP contribution in [-0.2, 0) is 18.9 Å². The SMILES string of the molecule is O=C(c1cc(C(F)(F)F)cc(C(F)(F)F)c1)N1CCN(CCn2ccnc2-c2ccccc2)CC1. The molecule has 0 radical (unpaired) electrons. The highest BCUT2D eigenvalue weighted by molar-refractivity contribution is 5.94. The minimum atomic E-state index is -5.00. The number of carbonyl (C=O) groups excluding carboxylic acids is 1. The van der Waals surface area contributed by atoms with E-state index in [2.05, 4.69) is 9.88 Å². The van der Waals surface area contributed by atoms with E-state index in [9.17, 15) is 31.1 Å². The highest BCUT2D eigenvalue weighted by Crippen LogP contribution is 2.36. The van der Waals surface area contributed by atoms with Crippen molar-refractivity contribution in [3.8, 4) is 11.4 Å². The van der Waals surface area contributed by atoms with Gasteiger partial charge < -0.3 is 9.47 Å². The number of imidazole rings is 1. The third-order valence-corrected chi connectivity index (χ3v) is 5.90. The van der Waals surface area contributed by atoms with Crippen molar-refractivity contribution in [3.63, 3.8) is 0 Å². The first-order chi connectivity index (χ1) is 16.5. The molecule has 35 heavy (non-hydrogen) atoms. The summed E-state index contributed by atoms with van der Waals surface area (Å²) in [5.41, 5.74) is -2.63. The van der Waals surface area contributed by atoms with Crippen LogP contribution in [0.1, 0.15) is 21.5 Å². The lowest BCUT2D eigenvalue weighted by atomic mass is 10.0. The van der Waals surface area contributed by atoms with Crippen LogP contribution in [0.3, 0.4) is 0 Å². The summed E-state index contributed by atoms with van der Waals surface area (Å²) in [6.45, 7) is 2.59. The Morgan fingerprint density at radius 3 is 2.00 bits per heavy atom. The molecule has 186 valence electrons. The van der Waals surface area contributed by atoms with E-state index in [1.165, 1.54) is 4.90 Å². The fraction of sp³-hybridized carbons (Fsp3) is 0.333. The van der Waals surface area contributed by atoms with Crippen molar-refractivity contribution in [2.75, 3.05) is 32.7 Å². The average molecular weight is 496 g/mol. The number of carbonyl (C=O) groups is 1. The van der Waals surface area contributed by atoms with Crippen LogP contribution in [0.15, 0.2) is 60.9 Å². The van der Waals surface area contributed by atoms with E-state index in [1.54, 1.807) is 6.20 Å². The molecule has 0 atom stereocenters. The number of hydrogen-bond acceptors (Lipinski definition) is 3. The Hall–Kier alpha value is -3.34. The van der Waals surface area contributed by atoms with Gasteiger partial charge >= 0.3 is 12.4 Å². The molecule has 3 aromatic rings. The molecule has 1 aliphatic heterocycles. The van der Waals surface area contributed by atoms with Crippen molar-refractivity contribution in [1.82, 2.24) is 19.4 Å². The number of piperazine rings is 1. The maximum absolute atomic E-state index is 13.1. The molecule has 0 unspecified atom stereocenters. The summed E-state index contributed by atoms with van der Waals surface area (Å²) in [6.07, 6.45) is -6.42. The van der Waals surface area contributed by atoms with Gasteiger partial charge in [0.2, 0.25) is 0 Å². The van der Waals surface area contributed by atoms with Gasteiger partial charge in [-0.05, 0) is 18.2 Å². The maximum Gasteiger partial charge on any atom is 0.416 e. The molecule has 1 saturated heterocycles. The number of alkyl halides is 6. The van der Waals surface area contributed by atoms with Gasteiger partial charge in [-0.2, -0.15) is 26.3 Å². The monoisotopic (exact) mass is 496 g/mol. The minimum absolute atomic E-state index is 0.0223. The van der Waals surface area contributed by atoms with Crippen molar-refractivity contribution in [1.29, 1.82) is 0 Å². The van der Waals surface area contributed by atoms with E-state index in [1.807, 2.05) is 41.1 Å². The number of hydrogen-bond donors (Lipinski definition) is 0. The lowest BCUT2D eigenvalue weighted by Gasteiger charge is -2.35. The molecule has 0 bridgehead atoms. The molecule has 11 heteroatoms. The zero-order valence-electron chi connectivity index (χ0n) is 18.5. The highest BCUT2D eigenvalue weighted by atomic mass is 19.4. The van der Waals surface area contributed by atoms with E-state index >= 15 is 0 Å². The van der Waals surface area contributed by atoms with Crippen LogP contribution in [0, 0.1) is 0 Å². The van der Waals surface area contributed by atoms with Crippen LogP contribution in [0.4, 0.5) is 26.3 Å². The van der Waals surface area contributed by atoms with E-state index in [0.29, 0.717) is 38.3 Å². The second kappa shape index (κ2) is 9.73. The molecular formula is C24H22F6N4O. The van der Waals surface area contributed by atoms with E-state index in [-0.39, 0.29) is 19.2 Å². The Kier molecular flexibility index (Phi) is 6.88. The largest absolute Gasteiger partial charge is 0.416 e. The standard InChI is InChI=1S/C24H22F6N4O/c25-23(26,27)19-14-18(15-20(16-19)24(28,29)30)22(35)34-12-9-32(10-13-34)8-11-33-7-6-31-21(33)17-4-2-1-3-5-17/h1-7,14-16H,8-13H2. The Morgan fingerprint density at radius 1 is 0.829 bits per heavy atom. The zero-order valence-corrected chi connectivity index (χ0v) is 18.5. The zero-order chi connectivity index (χ0) is 25.2. The molecule has 1 amide bonds. The smallest absolute Gasteiger partial charge is 0.336 e. The van der Waals surface area contributed by atoms with Crippen molar-refractivity contribution in [3.05, 3.63) is 77.6 Å². The van der Waals surface area contributed by atoms with Gasteiger partial charge in [0.25, 0.3) is 5.91 Å². The fourth-order valence-corrected chi connectivity index (χ4v) is 4.02. The number of rotatable bonds is 5. The van der Waals surface area contributed by atoms with E-state index in [4.69, 9.17) is 0 Å². The van der Waals surface area contributed by atoms with Crippen molar-refractivity contribution < 1.29 is 31.1 Å². The summed E-state index contributed by atoms with van der Waals surface area (Å²) in [5.74, 6) is -0.0216. The summed E-state index contributed by atoms with van der Waals surface area (Å²) in [7, 11) is 0. The molecule has 1 aromatic heterocycles. The average Bonchev–Trinajstić information content (AvgIpc) is 3.30. The Labute approximate surface area is 197 Å². The van der Waals surface area contributed by atoms with Gasteiger partial charge in [0, 0.05) is 62.8 Å². The van der Waals surface area contributed by atoms with Gasteiger partial charge in [0.05, 0.1) is 11.1 Å². The normalized spacial score (nSPS) is 15.4. The predicted molar refractivity (Wildman–Crippen MR) is 116 cm³/mol. The van der Waals surface area contributed by atoms with Crippen LogP contribution in [0.2, 0.25) is 0 Å². The summed E-state index contributed by atoms with van der Waals surface area (Å²) >= 11 is 0. The number of halogens is 6. The lowest BCUT2D eigenvalue weighted by Crippen LogP contribution is -2.49. The molecule has 1 aliphatic rings. The van der Waals surface area contributed by atoms with Crippen LogP contribution >= 0.6 is 0 Å². The summed E-state index contributed by atoms with van der Waals surface area (Å²) in [4.78, 5) is 20.5. The first-order valence-electron chi connectivity index (χ1n) is 10.9. The molecule has 0 aliphatic carbocycles. The lowest BCUT2D eigenvalue weighted by molar-refractivity contribution is -0.143. The van der Waals surface area contributed by atoms with Gasteiger partial charge in [-0.25, -0.2) is 4.98 Å². The molecule has 2 heterocycles. The third-order valence-electron chi connectivity index (χ3n) is 5.90. The quantitative estimate of drug-likeness (QED) is 0.465. The van der Waals surface area contributed by atoms with Crippen LogP contribution < -0.4 is 0 Å². The first-order valence-corrected chi connectivity index (χ1v) is 10.9. The molecule has 0 saturated carbocycles. The second-order valence-electron chi connectivity index (χ2n) is 8.24. The molecule has 1 fully saturated rings. The fourth-order valence-electron chi connectivity index (χ4n) is 4.02. The van der Waals surface area contributed by atoms with Crippen molar-refractivity contribution in [2.45, 2.75) is 18.9 Å². The number of nitrogens with zero attached hydrogens (tertiary/aromatic N) is 4. The van der Waals surface area contributed by atoms with Crippen molar-refractivity contribution in [2.24, 2.45) is 0 Å². The molecule has 5 nitrogen and oxygen atoms in total. The summed E-state index contributed by atoms with van der Waals surface area (Å²) < 4.78 is 80.8. The van der Waals surface area contributed by atoms with Gasteiger partial charge in [-0.15, -0.1) is 0 Å².